The molecule has 0 aliphatic carbocycles. The van der Waals surface area contributed by atoms with E-state index in [0.29, 0.717) is 12.4 Å². The molecule has 1 unspecified atom stereocenters. The maximum atomic E-state index is 13.3. The third kappa shape index (κ3) is 4.81. The highest BCUT2D eigenvalue weighted by Gasteiger charge is 2.19. The van der Waals surface area contributed by atoms with E-state index >= 15 is 0 Å². The van der Waals surface area contributed by atoms with Gasteiger partial charge >= 0.3 is 5.69 Å². The van der Waals surface area contributed by atoms with E-state index in [4.69, 9.17) is 0 Å². The van der Waals surface area contributed by atoms with Crippen LogP contribution in [-0.2, 0) is 6.54 Å². The fourth-order valence-corrected chi connectivity index (χ4v) is 5.06. The van der Waals surface area contributed by atoms with Gasteiger partial charge in [0.15, 0.2) is 5.82 Å². The molecule has 5 aromatic rings. The maximum Gasteiger partial charge on any atom is 0.329 e. The minimum Gasteiger partial charge on any atom is -0.295 e. The van der Waals surface area contributed by atoms with Crippen LogP contribution in [0.25, 0.3) is 22.6 Å². The van der Waals surface area contributed by atoms with Crippen molar-refractivity contribution in [1.82, 2.24) is 34.7 Å². The Morgan fingerprint density at radius 2 is 1.80 bits per heavy atom. The van der Waals surface area contributed by atoms with Gasteiger partial charge in [0.25, 0.3) is 0 Å². The average Bonchev–Trinajstić information content (AvgIpc) is 3.55. The first-order chi connectivity index (χ1) is 17.2. The summed E-state index contributed by atoms with van der Waals surface area (Å²) in [6.07, 6.45) is 7.47. The summed E-state index contributed by atoms with van der Waals surface area (Å²) in [7, 11) is 0. The molecule has 5 rings (SSSR count). The van der Waals surface area contributed by atoms with Gasteiger partial charge in [-0.05, 0) is 62.7 Å². The van der Waals surface area contributed by atoms with Crippen LogP contribution in [0, 0.1) is 3.57 Å². The quantitative estimate of drug-likeness (QED) is 0.264. The van der Waals surface area contributed by atoms with Crippen molar-refractivity contribution in [3.8, 4) is 22.6 Å². The number of H-pyrrole nitrogens is 1. The van der Waals surface area contributed by atoms with Gasteiger partial charge in [-0.15, -0.1) is 5.10 Å². The van der Waals surface area contributed by atoms with Gasteiger partial charge in [-0.3, -0.25) is 14.1 Å². The molecule has 0 bridgehead atoms. The van der Waals surface area contributed by atoms with E-state index in [0.717, 1.165) is 35.2 Å². The molecular weight excluding hydrogens is 553 g/mol. The summed E-state index contributed by atoms with van der Waals surface area (Å²) in [4.78, 5) is 18.0. The number of tetrazole rings is 1. The molecule has 0 saturated heterocycles. The SMILES string of the molecule is CCCC(c1ccccc1I)n1ccn(Cc2ccc(-c3ccccc3-c3nnn[nH]3)nc2)c1=O. The van der Waals surface area contributed by atoms with Crippen LogP contribution in [0.3, 0.4) is 0 Å². The van der Waals surface area contributed by atoms with Crippen LogP contribution in [0.2, 0.25) is 0 Å². The standard InChI is InChI=1S/C26H24IN7O/c1-2-7-24(21-10-5-6-11-22(21)27)34-15-14-33(26(34)35)17-18-12-13-23(28-16-18)19-8-3-4-9-20(19)25-29-31-32-30-25/h3-6,8-16,24H,2,7,17H2,1H3,(H,29,30,31,32). The second-order valence-corrected chi connectivity index (χ2v) is 9.45. The highest BCUT2D eigenvalue weighted by molar-refractivity contribution is 14.1. The zero-order valence-corrected chi connectivity index (χ0v) is 21.3. The monoisotopic (exact) mass is 577 g/mol. The second kappa shape index (κ2) is 10.3. The van der Waals surface area contributed by atoms with E-state index in [1.807, 2.05) is 71.7 Å². The molecule has 2 aromatic carbocycles. The topological polar surface area (TPSA) is 94.3 Å². The summed E-state index contributed by atoms with van der Waals surface area (Å²) in [5.74, 6) is 0.592. The van der Waals surface area contributed by atoms with E-state index < -0.39 is 0 Å². The van der Waals surface area contributed by atoms with Crippen molar-refractivity contribution in [2.75, 3.05) is 0 Å². The number of halogens is 1. The first-order valence-electron chi connectivity index (χ1n) is 11.5. The van der Waals surface area contributed by atoms with Crippen LogP contribution in [0.1, 0.15) is 36.9 Å². The molecule has 1 atom stereocenters. The molecule has 8 nitrogen and oxygen atoms in total. The molecule has 0 fully saturated rings. The number of aromatic nitrogens is 7. The van der Waals surface area contributed by atoms with Crippen LogP contribution >= 0.6 is 22.6 Å². The van der Waals surface area contributed by atoms with Crippen LogP contribution < -0.4 is 5.69 Å². The van der Waals surface area contributed by atoms with E-state index in [1.54, 1.807) is 4.57 Å². The van der Waals surface area contributed by atoms with Crippen molar-refractivity contribution in [2.24, 2.45) is 0 Å². The zero-order valence-electron chi connectivity index (χ0n) is 19.2. The van der Waals surface area contributed by atoms with E-state index in [-0.39, 0.29) is 11.7 Å². The van der Waals surface area contributed by atoms with Gasteiger partial charge in [-0.2, -0.15) is 0 Å². The van der Waals surface area contributed by atoms with Gasteiger partial charge in [0.2, 0.25) is 0 Å². The smallest absolute Gasteiger partial charge is 0.295 e. The lowest BCUT2D eigenvalue weighted by Crippen LogP contribution is -2.28. The molecule has 0 spiro atoms. The molecule has 3 aromatic heterocycles. The number of hydrogen-bond donors (Lipinski definition) is 1. The Hall–Kier alpha value is -3.60. The summed E-state index contributed by atoms with van der Waals surface area (Å²) < 4.78 is 4.76. The highest BCUT2D eigenvalue weighted by Crippen LogP contribution is 2.29. The number of nitrogens with zero attached hydrogens (tertiary/aromatic N) is 6. The lowest BCUT2D eigenvalue weighted by Gasteiger charge is -2.19. The zero-order chi connectivity index (χ0) is 24.2. The number of pyridine rings is 1. The summed E-state index contributed by atoms with van der Waals surface area (Å²) in [6.45, 7) is 2.60. The predicted octanol–water partition coefficient (Wildman–Crippen LogP) is 4.93. The second-order valence-electron chi connectivity index (χ2n) is 8.29. The Morgan fingerprint density at radius 1 is 1.00 bits per heavy atom. The minimum atomic E-state index is -0.0182. The number of aromatic amines is 1. The van der Waals surface area contributed by atoms with Crippen LogP contribution in [0.4, 0.5) is 0 Å². The molecular formula is C26H24IN7O. The van der Waals surface area contributed by atoms with Crippen molar-refractivity contribution in [2.45, 2.75) is 32.4 Å². The molecule has 0 aliphatic heterocycles. The van der Waals surface area contributed by atoms with Crippen molar-refractivity contribution >= 4 is 22.6 Å². The lowest BCUT2D eigenvalue weighted by molar-refractivity contribution is 0.507. The Kier molecular flexibility index (Phi) is 6.84. The summed E-state index contributed by atoms with van der Waals surface area (Å²) in [5, 5.41) is 14.2. The molecule has 3 heterocycles. The van der Waals surface area contributed by atoms with Crippen molar-refractivity contribution < 1.29 is 0 Å². The number of nitrogens with one attached hydrogen (secondary N) is 1. The fourth-order valence-electron chi connectivity index (χ4n) is 4.31. The lowest BCUT2D eigenvalue weighted by atomic mass is 10.0. The maximum absolute atomic E-state index is 13.3. The molecule has 176 valence electrons. The number of rotatable bonds is 8. The molecule has 9 heteroatoms. The third-order valence-electron chi connectivity index (χ3n) is 6.02. The molecule has 0 radical (unpaired) electrons. The summed E-state index contributed by atoms with van der Waals surface area (Å²) >= 11 is 2.35. The normalized spacial score (nSPS) is 12.1. The Balaban J connectivity index is 1.40. The van der Waals surface area contributed by atoms with Crippen molar-refractivity contribution in [1.29, 1.82) is 0 Å². The average molecular weight is 577 g/mol. The van der Waals surface area contributed by atoms with Gasteiger partial charge in [-0.1, -0.05) is 61.9 Å². The van der Waals surface area contributed by atoms with Gasteiger partial charge in [-0.25, -0.2) is 9.89 Å². The van der Waals surface area contributed by atoms with E-state index in [2.05, 4.69) is 67.3 Å². The van der Waals surface area contributed by atoms with E-state index in [1.165, 1.54) is 9.13 Å². The molecule has 1 N–H and O–H groups in total. The van der Waals surface area contributed by atoms with Crippen LogP contribution in [0.15, 0.2) is 84.0 Å². The van der Waals surface area contributed by atoms with E-state index in [9.17, 15) is 4.79 Å². The third-order valence-corrected chi connectivity index (χ3v) is 7.00. The van der Waals surface area contributed by atoms with Crippen molar-refractivity contribution in [3.63, 3.8) is 0 Å². The Bertz CT molecular complexity index is 1470. The molecule has 35 heavy (non-hydrogen) atoms. The Labute approximate surface area is 216 Å². The van der Waals surface area contributed by atoms with Gasteiger partial charge in [0.1, 0.15) is 0 Å². The minimum absolute atomic E-state index is 0.0180. The van der Waals surface area contributed by atoms with Crippen molar-refractivity contribution in [3.05, 3.63) is 104 Å². The highest BCUT2D eigenvalue weighted by atomic mass is 127. The summed E-state index contributed by atoms with van der Waals surface area (Å²) in [6, 6.07) is 20.1. The van der Waals surface area contributed by atoms with Gasteiger partial charge in [0, 0.05) is 33.3 Å². The molecule has 0 saturated carbocycles. The molecule has 0 aliphatic rings. The molecule has 0 amide bonds. The number of hydrogen-bond acceptors (Lipinski definition) is 5. The summed E-state index contributed by atoms with van der Waals surface area (Å²) in [5.41, 5.74) is 4.74. The van der Waals surface area contributed by atoms with Gasteiger partial charge in [0.05, 0.1) is 18.3 Å². The predicted molar refractivity (Wildman–Crippen MR) is 143 cm³/mol. The van der Waals surface area contributed by atoms with Crippen LogP contribution in [0.5, 0.6) is 0 Å². The van der Waals surface area contributed by atoms with Crippen LogP contribution in [-0.4, -0.2) is 34.7 Å². The first-order valence-corrected chi connectivity index (χ1v) is 12.5. The largest absolute Gasteiger partial charge is 0.329 e. The van der Waals surface area contributed by atoms with Gasteiger partial charge < -0.3 is 0 Å². The number of imidazole rings is 1. The number of benzene rings is 2. The first kappa shape index (κ1) is 23.2. The Morgan fingerprint density at radius 3 is 2.51 bits per heavy atom. The fraction of sp³-hybridized carbons (Fsp3) is 0.192.